The van der Waals surface area contributed by atoms with E-state index < -0.39 is 0 Å². The third kappa shape index (κ3) is 2.32. The maximum Gasteiger partial charge on any atom is 0.0718 e. The largest absolute Gasteiger partial charge is 0.314 e. The van der Waals surface area contributed by atoms with Gasteiger partial charge < -0.3 is 9.88 Å². The van der Waals surface area contributed by atoms with Gasteiger partial charge in [-0.25, -0.2) is 0 Å². The lowest BCUT2D eigenvalue weighted by molar-refractivity contribution is 0.739. The first kappa shape index (κ1) is 13.6. The predicted octanol–water partition coefficient (Wildman–Crippen LogP) is 4.06. The summed E-state index contributed by atoms with van der Waals surface area (Å²) in [4.78, 5) is 4.30. The molecule has 0 saturated heterocycles. The van der Waals surface area contributed by atoms with E-state index in [9.17, 15) is 0 Å². The van der Waals surface area contributed by atoms with Crippen LogP contribution in [0.4, 0.5) is 0 Å². The highest BCUT2D eigenvalue weighted by atomic mass is 35.5. The predicted molar refractivity (Wildman–Crippen MR) is 91.5 cm³/mol. The van der Waals surface area contributed by atoms with Gasteiger partial charge in [0.15, 0.2) is 0 Å². The summed E-state index contributed by atoms with van der Waals surface area (Å²) < 4.78 is 2.19. The molecule has 4 rings (SSSR count). The summed E-state index contributed by atoms with van der Waals surface area (Å²) >= 11 is 6.01. The molecule has 0 unspecified atom stereocenters. The molecule has 1 aromatic carbocycles. The van der Waals surface area contributed by atoms with E-state index in [1.807, 2.05) is 36.7 Å². The topological polar surface area (TPSA) is 29.9 Å². The average molecular weight is 310 g/mol. The van der Waals surface area contributed by atoms with Crippen molar-refractivity contribution in [2.45, 2.75) is 6.42 Å². The first-order valence-corrected chi connectivity index (χ1v) is 7.82. The summed E-state index contributed by atoms with van der Waals surface area (Å²) in [5.41, 5.74) is 4.93. The second-order valence-electron chi connectivity index (χ2n) is 5.47. The quantitative estimate of drug-likeness (QED) is 0.774. The number of hydrogen-bond donors (Lipinski definition) is 1. The molecular formula is C18H16ClN3. The number of rotatable bonds is 2. The Kier molecular flexibility index (Phi) is 3.45. The number of nitrogens with one attached hydrogen (secondary N) is 1. The van der Waals surface area contributed by atoms with Gasteiger partial charge in [0.1, 0.15) is 0 Å². The molecule has 4 heteroatoms. The van der Waals surface area contributed by atoms with Crippen LogP contribution in [-0.2, 0) is 0 Å². The van der Waals surface area contributed by atoms with Gasteiger partial charge in [-0.05, 0) is 48.9 Å². The van der Waals surface area contributed by atoms with Crippen molar-refractivity contribution in [1.82, 2.24) is 14.9 Å². The maximum absolute atomic E-state index is 6.01. The van der Waals surface area contributed by atoms with E-state index >= 15 is 0 Å². The van der Waals surface area contributed by atoms with Gasteiger partial charge in [-0.2, -0.15) is 0 Å². The normalized spacial score (nSPS) is 15.0. The first-order valence-electron chi connectivity index (χ1n) is 7.44. The highest BCUT2D eigenvalue weighted by molar-refractivity contribution is 6.30. The number of halogens is 1. The molecule has 0 amide bonds. The third-order valence-corrected chi connectivity index (χ3v) is 4.37. The number of hydrogen-bond acceptors (Lipinski definition) is 2. The summed E-state index contributed by atoms with van der Waals surface area (Å²) in [7, 11) is 0. The van der Waals surface area contributed by atoms with Gasteiger partial charge in [0.2, 0.25) is 0 Å². The molecule has 0 fully saturated rings. The van der Waals surface area contributed by atoms with E-state index in [0.717, 1.165) is 35.7 Å². The van der Waals surface area contributed by atoms with Crippen LogP contribution in [0, 0.1) is 0 Å². The lowest BCUT2D eigenvalue weighted by atomic mass is 10.0. The lowest BCUT2D eigenvalue weighted by Gasteiger charge is -2.13. The second kappa shape index (κ2) is 5.59. The minimum Gasteiger partial charge on any atom is -0.314 e. The van der Waals surface area contributed by atoms with Gasteiger partial charge in [0.05, 0.1) is 11.7 Å². The molecule has 0 bridgehead atoms. The Morgan fingerprint density at radius 1 is 1.14 bits per heavy atom. The number of nitrogens with zero attached hydrogens (tertiary/aromatic N) is 2. The average Bonchev–Trinajstić information content (AvgIpc) is 2.96. The standard InChI is InChI=1S/C18H16ClN3/c19-14-1-3-15(4-2-14)22-12-17(13-5-8-20-9-6-13)16-7-10-21-11-18(16)22/h1-5,7,10-12,20H,6,8-9H2. The van der Waals surface area contributed by atoms with E-state index in [2.05, 4.69) is 33.2 Å². The fraction of sp³-hybridized carbons (Fsp3) is 0.167. The Morgan fingerprint density at radius 2 is 2.00 bits per heavy atom. The first-order chi connectivity index (χ1) is 10.8. The summed E-state index contributed by atoms with van der Waals surface area (Å²) in [6.45, 7) is 1.97. The van der Waals surface area contributed by atoms with E-state index in [1.54, 1.807) is 0 Å². The van der Waals surface area contributed by atoms with Gasteiger partial charge >= 0.3 is 0 Å². The van der Waals surface area contributed by atoms with Crippen molar-refractivity contribution < 1.29 is 0 Å². The van der Waals surface area contributed by atoms with Crippen LogP contribution in [-0.4, -0.2) is 22.6 Å². The van der Waals surface area contributed by atoms with E-state index in [-0.39, 0.29) is 0 Å². The van der Waals surface area contributed by atoms with E-state index in [1.165, 1.54) is 16.5 Å². The molecule has 0 radical (unpaired) electrons. The van der Waals surface area contributed by atoms with Gasteiger partial charge in [-0.1, -0.05) is 17.7 Å². The van der Waals surface area contributed by atoms with Crippen LogP contribution >= 0.6 is 11.6 Å². The second-order valence-corrected chi connectivity index (χ2v) is 5.90. The monoisotopic (exact) mass is 309 g/mol. The molecule has 2 aromatic heterocycles. The molecule has 0 aliphatic carbocycles. The molecule has 0 atom stereocenters. The van der Waals surface area contributed by atoms with Crippen LogP contribution in [0.25, 0.3) is 22.2 Å². The number of fused-ring (bicyclic) bond motifs is 1. The van der Waals surface area contributed by atoms with Crippen molar-refractivity contribution in [2.24, 2.45) is 0 Å². The van der Waals surface area contributed by atoms with Crippen LogP contribution < -0.4 is 5.32 Å². The van der Waals surface area contributed by atoms with Crippen LogP contribution in [0.15, 0.2) is 55.0 Å². The molecule has 3 heterocycles. The van der Waals surface area contributed by atoms with Gasteiger partial charge in [-0.15, -0.1) is 0 Å². The SMILES string of the molecule is Clc1ccc(-n2cc(C3=CCNCC3)c3ccncc32)cc1. The lowest BCUT2D eigenvalue weighted by Crippen LogP contribution is -2.19. The summed E-state index contributed by atoms with van der Waals surface area (Å²) in [6.07, 6.45) is 9.34. The van der Waals surface area contributed by atoms with Crippen molar-refractivity contribution in [3.63, 3.8) is 0 Å². The summed E-state index contributed by atoms with van der Waals surface area (Å²) in [6, 6.07) is 10.0. The van der Waals surface area contributed by atoms with Crippen LogP contribution in [0.3, 0.4) is 0 Å². The minimum absolute atomic E-state index is 0.750. The Bertz CT molecular complexity index is 846. The van der Waals surface area contributed by atoms with Crippen molar-refractivity contribution >= 4 is 28.1 Å². The Morgan fingerprint density at radius 3 is 2.77 bits per heavy atom. The summed E-state index contributed by atoms with van der Waals surface area (Å²) in [5.74, 6) is 0. The molecule has 3 aromatic rings. The van der Waals surface area contributed by atoms with Gasteiger partial charge in [0, 0.05) is 40.6 Å². The molecular weight excluding hydrogens is 294 g/mol. The molecule has 110 valence electrons. The molecule has 0 spiro atoms. The van der Waals surface area contributed by atoms with Crippen LogP contribution in [0.5, 0.6) is 0 Å². The smallest absolute Gasteiger partial charge is 0.0718 e. The molecule has 22 heavy (non-hydrogen) atoms. The zero-order valence-electron chi connectivity index (χ0n) is 12.1. The van der Waals surface area contributed by atoms with Crippen molar-refractivity contribution in [2.75, 3.05) is 13.1 Å². The molecule has 1 aliphatic rings. The van der Waals surface area contributed by atoms with Gasteiger partial charge in [0.25, 0.3) is 0 Å². The zero-order valence-corrected chi connectivity index (χ0v) is 12.8. The van der Waals surface area contributed by atoms with E-state index in [0.29, 0.717) is 0 Å². The fourth-order valence-electron chi connectivity index (χ4n) is 3.01. The number of pyridine rings is 1. The maximum atomic E-state index is 6.01. The third-order valence-electron chi connectivity index (χ3n) is 4.12. The molecule has 1 aliphatic heterocycles. The van der Waals surface area contributed by atoms with Crippen LogP contribution in [0.2, 0.25) is 5.02 Å². The molecule has 3 nitrogen and oxygen atoms in total. The zero-order chi connectivity index (χ0) is 14.9. The Balaban J connectivity index is 1.92. The van der Waals surface area contributed by atoms with Crippen LogP contribution in [0.1, 0.15) is 12.0 Å². The van der Waals surface area contributed by atoms with E-state index in [4.69, 9.17) is 11.6 Å². The summed E-state index contributed by atoms with van der Waals surface area (Å²) in [5, 5.41) is 5.36. The molecule has 1 N–H and O–H groups in total. The van der Waals surface area contributed by atoms with Crippen molar-refractivity contribution in [1.29, 1.82) is 0 Å². The highest BCUT2D eigenvalue weighted by Crippen LogP contribution is 2.31. The Labute approximate surface area is 134 Å². The molecule has 0 saturated carbocycles. The van der Waals surface area contributed by atoms with Crippen molar-refractivity contribution in [3.05, 3.63) is 65.6 Å². The van der Waals surface area contributed by atoms with Crippen molar-refractivity contribution in [3.8, 4) is 5.69 Å². The number of benzene rings is 1. The fourth-order valence-corrected chi connectivity index (χ4v) is 3.14. The van der Waals surface area contributed by atoms with Gasteiger partial charge in [-0.3, -0.25) is 4.98 Å². The highest BCUT2D eigenvalue weighted by Gasteiger charge is 2.14. The minimum atomic E-state index is 0.750. The Hall–Kier alpha value is -2.10. The number of aromatic nitrogens is 2.